The third kappa shape index (κ3) is 2.00. The van der Waals surface area contributed by atoms with E-state index in [-0.39, 0.29) is 5.60 Å². The van der Waals surface area contributed by atoms with Crippen molar-refractivity contribution in [2.75, 3.05) is 13.1 Å². The summed E-state index contributed by atoms with van der Waals surface area (Å²) in [5, 5.41) is 12.3. The smallest absolute Gasteiger partial charge is 0.0928 e. The highest BCUT2D eigenvalue weighted by Crippen LogP contribution is 2.44. The Kier molecular flexibility index (Phi) is 2.43. The predicted molar refractivity (Wildman–Crippen MR) is 65.0 cm³/mol. The van der Waals surface area contributed by atoms with Crippen molar-refractivity contribution in [2.45, 2.75) is 25.0 Å². The molecule has 1 saturated heterocycles. The van der Waals surface area contributed by atoms with Crippen LogP contribution in [0.4, 0.5) is 0 Å². The fraction of sp³-hybridized carbons (Fsp3) is 0.636. The second kappa shape index (κ2) is 3.55. The summed E-state index contributed by atoms with van der Waals surface area (Å²) in [6.07, 6.45) is 2.46. The van der Waals surface area contributed by atoms with Crippen molar-refractivity contribution in [1.82, 2.24) is 4.90 Å². The molecule has 0 radical (unpaired) electrons. The monoisotopic (exact) mass is 287 g/mol. The highest BCUT2D eigenvalue weighted by molar-refractivity contribution is 9.11. The standard InChI is InChI=1S/C11H14BrNOS/c12-10-3-8(5-15-10)4-13-6-11(14,7-13)9-1-2-9/h3,5,9,14H,1-2,4,6-7H2. The first-order valence-corrected chi connectivity index (χ1v) is 7.01. The van der Waals surface area contributed by atoms with Gasteiger partial charge in [-0.25, -0.2) is 0 Å². The van der Waals surface area contributed by atoms with Gasteiger partial charge in [0, 0.05) is 19.6 Å². The molecular formula is C11H14BrNOS. The summed E-state index contributed by atoms with van der Waals surface area (Å²) in [5.74, 6) is 0.600. The summed E-state index contributed by atoms with van der Waals surface area (Å²) in [4.78, 5) is 2.33. The van der Waals surface area contributed by atoms with Crippen molar-refractivity contribution in [1.29, 1.82) is 0 Å². The molecule has 82 valence electrons. The third-order valence-electron chi connectivity index (χ3n) is 3.36. The number of aliphatic hydroxyl groups is 1. The first kappa shape index (κ1) is 10.3. The van der Waals surface area contributed by atoms with E-state index in [0.717, 1.165) is 19.6 Å². The van der Waals surface area contributed by atoms with Crippen molar-refractivity contribution in [3.63, 3.8) is 0 Å². The van der Waals surface area contributed by atoms with E-state index in [9.17, 15) is 5.11 Å². The largest absolute Gasteiger partial charge is 0.387 e. The van der Waals surface area contributed by atoms with Crippen LogP contribution in [0.2, 0.25) is 0 Å². The molecule has 4 heteroatoms. The van der Waals surface area contributed by atoms with E-state index < -0.39 is 0 Å². The summed E-state index contributed by atoms with van der Waals surface area (Å²) in [6.45, 7) is 2.72. The molecule has 0 amide bonds. The molecule has 1 N–H and O–H groups in total. The molecule has 1 aromatic rings. The maximum atomic E-state index is 10.2. The van der Waals surface area contributed by atoms with Gasteiger partial charge in [0.25, 0.3) is 0 Å². The summed E-state index contributed by atoms with van der Waals surface area (Å²) in [5.41, 5.74) is 1.01. The lowest BCUT2D eigenvalue weighted by Crippen LogP contribution is -2.62. The second-order valence-corrected chi connectivity index (χ2v) is 7.07. The zero-order chi connectivity index (χ0) is 10.5. The summed E-state index contributed by atoms with van der Waals surface area (Å²) >= 11 is 5.20. The number of β-amino-alcohol motifs (C(OH)–C–C–N with tert-alkyl or cyclic N) is 1. The van der Waals surface area contributed by atoms with E-state index in [0.29, 0.717) is 5.92 Å². The van der Waals surface area contributed by atoms with E-state index >= 15 is 0 Å². The average Bonchev–Trinajstić information content (AvgIpc) is 2.90. The highest BCUT2D eigenvalue weighted by Gasteiger charge is 2.51. The minimum Gasteiger partial charge on any atom is -0.387 e. The lowest BCUT2D eigenvalue weighted by atomic mass is 9.88. The lowest BCUT2D eigenvalue weighted by molar-refractivity contribution is -0.116. The van der Waals surface area contributed by atoms with Gasteiger partial charge in [0.05, 0.1) is 9.39 Å². The number of halogens is 1. The molecule has 2 aliphatic rings. The molecule has 1 aliphatic carbocycles. The summed E-state index contributed by atoms with van der Waals surface area (Å²) < 4.78 is 1.19. The van der Waals surface area contributed by atoms with Gasteiger partial charge in [0.15, 0.2) is 0 Å². The van der Waals surface area contributed by atoms with Crippen LogP contribution in [0, 0.1) is 5.92 Å². The van der Waals surface area contributed by atoms with Gasteiger partial charge in [0.1, 0.15) is 0 Å². The molecular weight excluding hydrogens is 274 g/mol. The fourth-order valence-electron chi connectivity index (χ4n) is 2.41. The number of hydrogen-bond acceptors (Lipinski definition) is 3. The Morgan fingerprint density at radius 3 is 2.80 bits per heavy atom. The van der Waals surface area contributed by atoms with E-state index in [4.69, 9.17) is 0 Å². The van der Waals surface area contributed by atoms with Gasteiger partial charge in [0.2, 0.25) is 0 Å². The molecule has 0 aromatic carbocycles. The Bertz CT molecular complexity index is 368. The molecule has 2 fully saturated rings. The van der Waals surface area contributed by atoms with Gasteiger partial charge < -0.3 is 5.11 Å². The van der Waals surface area contributed by atoms with Crippen molar-refractivity contribution >= 4 is 27.3 Å². The number of likely N-dealkylation sites (tertiary alicyclic amines) is 1. The van der Waals surface area contributed by atoms with Crippen LogP contribution in [-0.4, -0.2) is 28.7 Å². The average molecular weight is 288 g/mol. The zero-order valence-corrected chi connectivity index (χ0v) is 10.9. The van der Waals surface area contributed by atoms with Crippen molar-refractivity contribution < 1.29 is 5.11 Å². The molecule has 2 heterocycles. The Morgan fingerprint density at radius 2 is 2.27 bits per heavy atom. The minimum absolute atomic E-state index is 0.340. The van der Waals surface area contributed by atoms with Crippen LogP contribution in [0.25, 0.3) is 0 Å². The molecule has 2 nitrogen and oxygen atoms in total. The van der Waals surface area contributed by atoms with Crippen molar-refractivity contribution in [2.24, 2.45) is 5.92 Å². The van der Waals surface area contributed by atoms with Crippen molar-refractivity contribution in [3.05, 3.63) is 20.8 Å². The molecule has 0 unspecified atom stereocenters. The Labute approximate surface area is 102 Å². The van der Waals surface area contributed by atoms with E-state index in [1.807, 2.05) is 0 Å². The highest BCUT2D eigenvalue weighted by atomic mass is 79.9. The van der Waals surface area contributed by atoms with E-state index in [1.165, 1.54) is 22.2 Å². The number of thiophene rings is 1. The van der Waals surface area contributed by atoms with Crippen molar-refractivity contribution in [3.8, 4) is 0 Å². The van der Waals surface area contributed by atoms with Gasteiger partial charge >= 0.3 is 0 Å². The first-order chi connectivity index (χ1) is 7.16. The molecule has 1 aliphatic heterocycles. The molecule has 1 saturated carbocycles. The Hall–Kier alpha value is 0.100. The first-order valence-electron chi connectivity index (χ1n) is 5.33. The summed E-state index contributed by atoms with van der Waals surface area (Å²) in [7, 11) is 0. The number of rotatable bonds is 3. The fourth-order valence-corrected chi connectivity index (χ4v) is 3.61. The number of hydrogen-bond donors (Lipinski definition) is 1. The van der Waals surface area contributed by atoms with E-state index in [1.54, 1.807) is 11.3 Å². The molecule has 3 rings (SSSR count). The van der Waals surface area contributed by atoms with Crippen LogP contribution in [-0.2, 0) is 6.54 Å². The van der Waals surface area contributed by atoms with Gasteiger partial charge in [-0.3, -0.25) is 4.90 Å². The van der Waals surface area contributed by atoms with Crippen LogP contribution >= 0.6 is 27.3 Å². The second-order valence-electron chi connectivity index (χ2n) is 4.78. The molecule has 0 atom stereocenters. The molecule has 15 heavy (non-hydrogen) atoms. The Morgan fingerprint density at radius 1 is 1.53 bits per heavy atom. The van der Waals surface area contributed by atoms with Gasteiger partial charge in [-0.05, 0) is 51.7 Å². The van der Waals surface area contributed by atoms with Gasteiger partial charge in [-0.15, -0.1) is 11.3 Å². The SMILES string of the molecule is OC1(C2CC2)CN(Cc2csc(Br)c2)C1. The minimum atomic E-state index is -0.340. The van der Waals surface area contributed by atoms with Gasteiger partial charge in [-0.1, -0.05) is 0 Å². The number of nitrogens with zero attached hydrogens (tertiary/aromatic N) is 1. The summed E-state index contributed by atoms with van der Waals surface area (Å²) in [6, 6.07) is 2.17. The maximum absolute atomic E-state index is 10.2. The van der Waals surface area contributed by atoms with Crippen LogP contribution < -0.4 is 0 Å². The predicted octanol–water partition coefficient (Wildman–Crippen LogP) is 2.47. The molecule has 0 bridgehead atoms. The normalized spacial score (nSPS) is 25.2. The Balaban J connectivity index is 1.55. The van der Waals surface area contributed by atoms with Crippen LogP contribution in [0.3, 0.4) is 0 Å². The van der Waals surface area contributed by atoms with Gasteiger partial charge in [-0.2, -0.15) is 0 Å². The zero-order valence-electron chi connectivity index (χ0n) is 8.45. The topological polar surface area (TPSA) is 23.5 Å². The van der Waals surface area contributed by atoms with Crippen LogP contribution in [0.5, 0.6) is 0 Å². The molecule has 1 aromatic heterocycles. The lowest BCUT2D eigenvalue weighted by Gasteiger charge is -2.47. The maximum Gasteiger partial charge on any atom is 0.0928 e. The van der Waals surface area contributed by atoms with E-state index in [2.05, 4.69) is 32.3 Å². The third-order valence-corrected chi connectivity index (χ3v) is 4.91. The van der Waals surface area contributed by atoms with Crippen LogP contribution in [0.15, 0.2) is 15.2 Å². The molecule has 0 spiro atoms. The van der Waals surface area contributed by atoms with Crippen LogP contribution in [0.1, 0.15) is 18.4 Å². The quantitative estimate of drug-likeness (QED) is 0.923.